The summed E-state index contributed by atoms with van der Waals surface area (Å²) in [6, 6.07) is 7.43. The van der Waals surface area contributed by atoms with Crippen LogP contribution in [0.3, 0.4) is 0 Å². The molecule has 2 fully saturated rings. The number of carbonyl (C=O) groups excluding carboxylic acids is 2. The van der Waals surface area contributed by atoms with E-state index in [2.05, 4.69) is 13.8 Å². The van der Waals surface area contributed by atoms with Crippen LogP contribution in [0.4, 0.5) is 5.69 Å². The number of hydrogen-bond acceptors (Lipinski definition) is 2. The number of nitrogens with zero attached hydrogens (tertiary/aromatic N) is 1. The first kappa shape index (κ1) is 15.2. The van der Waals surface area contributed by atoms with E-state index >= 15 is 0 Å². The van der Waals surface area contributed by atoms with Gasteiger partial charge in [0.2, 0.25) is 5.91 Å². The van der Waals surface area contributed by atoms with Gasteiger partial charge in [-0.05, 0) is 25.5 Å². The van der Waals surface area contributed by atoms with Crippen LogP contribution in [0.2, 0.25) is 0 Å². The molecule has 0 saturated carbocycles. The molecule has 2 aliphatic rings. The predicted octanol–water partition coefficient (Wildman–Crippen LogP) is 1.19. The number of likely N-dealkylation sites (tertiary alicyclic amines) is 1. The lowest BCUT2D eigenvalue weighted by Gasteiger charge is -2.34. The second kappa shape index (κ2) is 5.84. The molecule has 1 aromatic carbocycles. The number of hydrogen-bond donors (Lipinski definition) is 1. The maximum atomic E-state index is 12.8. The number of nitrogens with one attached hydrogen (secondary N) is 1. The molecule has 4 nitrogen and oxygen atoms in total. The number of benzene rings is 1. The van der Waals surface area contributed by atoms with E-state index in [0.717, 1.165) is 18.7 Å². The van der Waals surface area contributed by atoms with E-state index in [-0.39, 0.29) is 17.9 Å². The number of carbonyl (C=O) groups is 2. The summed E-state index contributed by atoms with van der Waals surface area (Å²) in [6.45, 7) is 8.48. The molecule has 1 aromatic rings. The number of anilines is 1. The van der Waals surface area contributed by atoms with Gasteiger partial charge in [-0.3, -0.25) is 9.59 Å². The molecule has 22 heavy (non-hydrogen) atoms. The molecule has 4 heteroatoms. The van der Waals surface area contributed by atoms with E-state index in [4.69, 9.17) is 0 Å². The molecule has 2 heterocycles. The molecule has 0 radical (unpaired) electrons. The second-order valence-electron chi connectivity index (χ2n) is 7.17. The summed E-state index contributed by atoms with van der Waals surface area (Å²) in [7, 11) is 0. The SMILES string of the molecule is Cc1ccc(N2C(=O)C[C@@H]([NH+]3C[C@H](C)C[C@H](C)C3)C2=O)cc1. The van der Waals surface area contributed by atoms with Crippen LogP contribution in [0.25, 0.3) is 0 Å². The molecular weight excluding hydrogens is 276 g/mol. The highest BCUT2D eigenvalue weighted by molar-refractivity contribution is 6.21. The van der Waals surface area contributed by atoms with Gasteiger partial charge < -0.3 is 4.90 Å². The zero-order valence-corrected chi connectivity index (χ0v) is 13.6. The fraction of sp³-hybridized carbons (Fsp3) is 0.556. The van der Waals surface area contributed by atoms with Crippen LogP contribution in [0.1, 0.15) is 32.3 Å². The molecule has 0 aromatic heterocycles. The Hall–Kier alpha value is -1.68. The monoisotopic (exact) mass is 301 g/mol. The zero-order valence-electron chi connectivity index (χ0n) is 13.6. The van der Waals surface area contributed by atoms with Crippen molar-refractivity contribution in [3.05, 3.63) is 29.8 Å². The minimum absolute atomic E-state index is 0.0230. The van der Waals surface area contributed by atoms with Crippen LogP contribution >= 0.6 is 0 Å². The maximum absolute atomic E-state index is 12.8. The first-order chi connectivity index (χ1) is 10.5. The topological polar surface area (TPSA) is 41.8 Å². The highest BCUT2D eigenvalue weighted by Crippen LogP contribution is 2.23. The highest BCUT2D eigenvalue weighted by Gasteiger charge is 2.47. The van der Waals surface area contributed by atoms with Crippen molar-refractivity contribution in [3.8, 4) is 0 Å². The number of imide groups is 1. The summed E-state index contributed by atoms with van der Waals surface area (Å²) < 4.78 is 0. The van der Waals surface area contributed by atoms with E-state index in [0.29, 0.717) is 23.9 Å². The van der Waals surface area contributed by atoms with Crippen molar-refractivity contribution < 1.29 is 14.5 Å². The molecule has 0 aliphatic carbocycles. The molecule has 3 rings (SSSR count). The van der Waals surface area contributed by atoms with E-state index in [1.807, 2.05) is 31.2 Å². The summed E-state index contributed by atoms with van der Waals surface area (Å²) in [4.78, 5) is 27.9. The van der Waals surface area contributed by atoms with Crippen LogP contribution in [-0.4, -0.2) is 30.9 Å². The molecule has 2 saturated heterocycles. The minimum atomic E-state index is -0.195. The quantitative estimate of drug-likeness (QED) is 0.834. The Labute approximate surface area is 132 Å². The summed E-state index contributed by atoms with van der Waals surface area (Å²) in [5.74, 6) is 1.16. The number of quaternary nitrogens is 1. The molecule has 2 aliphatic heterocycles. The van der Waals surface area contributed by atoms with Crippen molar-refractivity contribution in [1.82, 2.24) is 0 Å². The smallest absolute Gasteiger partial charge is 0.292 e. The first-order valence-electron chi connectivity index (χ1n) is 8.23. The van der Waals surface area contributed by atoms with Gasteiger partial charge in [0.05, 0.1) is 25.2 Å². The molecule has 0 bridgehead atoms. The lowest BCUT2D eigenvalue weighted by atomic mass is 9.90. The fourth-order valence-corrected chi connectivity index (χ4v) is 4.03. The van der Waals surface area contributed by atoms with Gasteiger partial charge in [0.25, 0.3) is 5.91 Å². The Morgan fingerprint density at radius 2 is 1.64 bits per heavy atom. The van der Waals surface area contributed by atoms with Crippen LogP contribution < -0.4 is 9.80 Å². The normalized spacial score (nSPS) is 32.6. The number of rotatable bonds is 2. The van der Waals surface area contributed by atoms with E-state index in [1.54, 1.807) is 0 Å². The van der Waals surface area contributed by atoms with Gasteiger partial charge in [0, 0.05) is 11.8 Å². The third-order valence-electron chi connectivity index (χ3n) is 4.96. The van der Waals surface area contributed by atoms with Crippen molar-refractivity contribution in [3.63, 3.8) is 0 Å². The van der Waals surface area contributed by atoms with Crippen molar-refractivity contribution in [1.29, 1.82) is 0 Å². The van der Waals surface area contributed by atoms with Crippen LogP contribution in [0.5, 0.6) is 0 Å². The third-order valence-corrected chi connectivity index (χ3v) is 4.96. The lowest BCUT2D eigenvalue weighted by Crippen LogP contribution is -3.18. The first-order valence-corrected chi connectivity index (χ1v) is 8.23. The second-order valence-corrected chi connectivity index (χ2v) is 7.17. The van der Waals surface area contributed by atoms with Crippen molar-refractivity contribution in [2.75, 3.05) is 18.0 Å². The Bertz CT molecular complexity index is 571. The third kappa shape index (κ3) is 2.80. The van der Waals surface area contributed by atoms with Crippen molar-refractivity contribution in [2.45, 2.75) is 39.7 Å². The maximum Gasteiger partial charge on any atom is 0.292 e. The predicted molar refractivity (Wildman–Crippen MR) is 85.7 cm³/mol. The Balaban J connectivity index is 1.80. The molecule has 0 spiro atoms. The standard InChI is InChI=1S/C18H24N2O2/c1-12-4-6-15(7-5-12)20-17(21)9-16(18(20)22)19-10-13(2)8-14(3)11-19/h4-7,13-14,16H,8-11H2,1-3H3/p+1/t13-,14+,16-/m1/s1. The Morgan fingerprint density at radius 1 is 1.05 bits per heavy atom. The molecule has 4 atom stereocenters. The van der Waals surface area contributed by atoms with Gasteiger partial charge in [-0.2, -0.15) is 0 Å². The molecular formula is C18H25N2O2+. The van der Waals surface area contributed by atoms with Crippen LogP contribution in [0, 0.1) is 18.8 Å². The number of amides is 2. The average Bonchev–Trinajstić information content (AvgIpc) is 2.74. The minimum Gasteiger partial charge on any atom is -0.324 e. The summed E-state index contributed by atoms with van der Waals surface area (Å²) >= 11 is 0. The highest BCUT2D eigenvalue weighted by atomic mass is 16.2. The van der Waals surface area contributed by atoms with Gasteiger partial charge in [-0.15, -0.1) is 0 Å². The zero-order chi connectivity index (χ0) is 15.9. The summed E-state index contributed by atoms with van der Waals surface area (Å²) in [6.07, 6.45) is 1.57. The largest absolute Gasteiger partial charge is 0.324 e. The van der Waals surface area contributed by atoms with Crippen LogP contribution in [0.15, 0.2) is 24.3 Å². The number of piperidine rings is 1. The van der Waals surface area contributed by atoms with Crippen molar-refractivity contribution >= 4 is 17.5 Å². The van der Waals surface area contributed by atoms with Gasteiger partial charge in [0.1, 0.15) is 0 Å². The summed E-state index contributed by atoms with van der Waals surface area (Å²) in [5.41, 5.74) is 1.84. The van der Waals surface area contributed by atoms with E-state index in [1.165, 1.54) is 16.2 Å². The van der Waals surface area contributed by atoms with Gasteiger partial charge in [0.15, 0.2) is 6.04 Å². The van der Waals surface area contributed by atoms with Gasteiger partial charge in [-0.1, -0.05) is 31.5 Å². The lowest BCUT2D eigenvalue weighted by molar-refractivity contribution is -0.926. The summed E-state index contributed by atoms with van der Waals surface area (Å²) in [5, 5.41) is 0. The van der Waals surface area contributed by atoms with Gasteiger partial charge >= 0.3 is 0 Å². The van der Waals surface area contributed by atoms with Crippen molar-refractivity contribution in [2.24, 2.45) is 11.8 Å². The van der Waals surface area contributed by atoms with Crippen LogP contribution in [-0.2, 0) is 9.59 Å². The molecule has 1 unspecified atom stereocenters. The molecule has 1 N–H and O–H groups in total. The van der Waals surface area contributed by atoms with E-state index < -0.39 is 0 Å². The molecule has 118 valence electrons. The fourth-order valence-electron chi connectivity index (χ4n) is 4.03. The Kier molecular flexibility index (Phi) is 4.04. The average molecular weight is 301 g/mol. The number of aryl methyl sites for hydroxylation is 1. The Morgan fingerprint density at radius 3 is 2.23 bits per heavy atom. The molecule has 2 amide bonds. The van der Waals surface area contributed by atoms with Gasteiger partial charge in [-0.25, -0.2) is 4.90 Å². The van der Waals surface area contributed by atoms with E-state index in [9.17, 15) is 9.59 Å².